The Hall–Kier alpha value is -0.610. The molecular formula is C13H17P. The lowest BCUT2D eigenvalue weighted by molar-refractivity contribution is 0.649. The summed E-state index contributed by atoms with van der Waals surface area (Å²) in [4.78, 5) is 0. The van der Waals surface area contributed by atoms with Crippen molar-refractivity contribution in [2.75, 3.05) is 6.16 Å². The first-order valence-electron chi connectivity index (χ1n) is 5.27. The number of hydrogen-bond donors (Lipinski definition) is 0. The standard InChI is InChI=1S/C13H17P/c1-10(9-14)6-11-7-12-4-2-3-5-13(12)8-11/h2-5,7,10H,6,8-9,14H2,1H3. The summed E-state index contributed by atoms with van der Waals surface area (Å²) in [5.41, 5.74) is 4.53. The van der Waals surface area contributed by atoms with E-state index in [0.29, 0.717) is 0 Å². The van der Waals surface area contributed by atoms with Crippen molar-refractivity contribution in [1.29, 1.82) is 0 Å². The van der Waals surface area contributed by atoms with Crippen LogP contribution >= 0.6 is 9.24 Å². The molecule has 74 valence electrons. The lowest BCUT2D eigenvalue weighted by atomic mass is 10.0. The molecule has 1 aromatic carbocycles. The zero-order chi connectivity index (χ0) is 9.97. The van der Waals surface area contributed by atoms with Gasteiger partial charge in [-0.05, 0) is 36.0 Å². The largest absolute Gasteiger partial charge is 0.137 e. The number of hydrogen-bond acceptors (Lipinski definition) is 0. The fourth-order valence-electron chi connectivity index (χ4n) is 2.01. The van der Waals surface area contributed by atoms with Crippen LogP contribution in [0, 0.1) is 5.92 Å². The first kappa shape index (κ1) is 9.93. The molecule has 2 atom stereocenters. The smallest absolute Gasteiger partial charge is 0.00577 e. The molecule has 0 nitrogen and oxygen atoms in total. The van der Waals surface area contributed by atoms with E-state index in [9.17, 15) is 0 Å². The molecule has 0 saturated heterocycles. The van der Waals surface area contributed by atoms with Crippen LogP contribution in [0.2, 0.25) is 0 Å². The maximum atomic E-state index is 2.83. The van der Waals surface area contributed by atoms with Gasteiger partial charge in [0.25, 0.3) is 0 Å². The molecule has 0 amide bonds. The molecule has 0 spiro atoms. The average molecular weight is 204 g/mol. The number of fused-ring (bicyclic) bond motifs is 1. The summed E-state index contributed by atoms with van der Waals surface area (Å²) in [5.74, 6) is 0.792. The monoisotopic (exact) mass is 204 g/mol. The predicted molar refractivity (Wildman–Crippen MR) is 66.5 cm³/mol. The van der Waals surface area contributed by atoms with Crippen LogP contribution in [0.15, 0.2) is 29.8 Å². The van der Waals surface area contributed by atoms with Crippen molar-refractivity contribution in [2.45, 2.75) is 19.8 Å². The van der Waals surface area contributed by atoms with Crippen LogP contribution in [-0.4, -0.2) is 6.16 Å². The zero-order valence-electron chi connectivity index (χ0n) is 8.66. The summed E-state index contributed by atoms with van der Waals surface area (Å²) in [6, 6.07) is 8.71. The highest BCUT2D eigenvalue weighted by Gasteiger charge is 2.13. The van der Waals surface area contributed by atoms with Crippen molar-refractivity contribution in [1.82, 2.24) is 0 Å². The molecular weight excluding hydrogens is 187 g/mol. The molecule has 1 heteroatoms. The van der Waals surface area contributed by atoms with Crippen LogP contribution in [0.3, 0.4) is 0 Å². The van der Waals surface area contributed by atoms with Gasteiger partial charge in [0.05, 0.1) is 0 Å². The molecule has 0 fully saturated rings. The van der Waals surface area contributed by atoms with Crippen molar-refractivity contribution in [3.05, 3.63) is 41.0 Å². The van der Waals surface area contributed by atoms with E-state index in [1.165, 1.54) is 30.1 Å². The van der Waals surface area contributed by atoms with Crippen LogP contribution in [0.5, 0.6) is 0 Å². The fraction of sp³-hybridized carbons (Fsp3) is 0.385. The quantitative estimate of drug-likeness (QED) is 0.661. The Morgan fingerprint density at radius 3 is 2.86 bits per heavy atom. The van der Waals surface area contributed by atoms with Gasteiger partial charge in [-0.1, -0.05) is 42.8 Å². The molecule has 2 rings (SSSR count). The summed E-state index contributed by atoms with van der Waals surface area (Å²) in [7, 11) is 2.83. The molecule has 0 N–H and O–H groups in total. The van der Waals surface area contributed by atoms with Gasteiger partial charge in [-0.25, -0.2) is 0 Å². The Kier molecular flexibility index (Phi) is 3.03. The van der Waals surface area contributed by atoms with E-state index in [1.807, 2.05) is 0 Å². The van der Waals surface area contributed by atoms with Crippen LogP contribution in [0.25, 0.3) is 6.08 Å². The van der Waals surface area contributed by atoms with Crippen LogP contribution in [0.4, 0.5) is 0 Å². The fourth-order valence-corrected chi connectivity index (χ4v) is 2.18. The minimum atomic E-state index is 0.792. The van der Waals surface area contributed by atoms with Crippen LogP contribution in [-0.2, 0) is 6.42 Å². The van der Waals surface area contributed by atoms with Gasteiger partial charge in [0, 0.05) is 0 Å². The summed E-state index contributed by atoms with van der Waals surface area (Å²) >= 11 is 0. The molecule has 0 bridgehead atoms. The normalized spacial score (nSPS) is 16.3. The van der Waals surface area contributed by atoms with Gasteiger partial charge in [-0.2, -0.15) is 0 Å². The molecule has 0 aromatic heterocycles. The Morgan fingerprint density at radius 2 is 2.14 bits per heavy atom. The second-order valence-electron chi connectivity index (χ2n) is 4.22. The SMILES string of the molecule is CC(CP)CC1=Cc2ccccc2C1. The third kappa shape index (κ3) is 2.07. The number of rotatable bonds is 3. The Labute approximate surface area is 88.6 Å². The first-order chi connectivity index (χ1) is 6.79. The highest BCUT2D eigenvalue weighted by atomic mass is 31.0. The van der Waals surface area contributed by atoms with E-state index in [4.69, 9.17) is 0 Å². The Morgan fingerprint density at radius 1 is 1.36 bits per heavy atom. The van der Waals surface area contributed by atoms with Crippen LogP contribution in [0.1, 0.15) is 24.5 Å². The van der Waals surface area contributed by atoms with E-state index >= 15 is 0 Å². The third-order valence-electron chi connectivity index (χ3n) is 2.85. The maximum Gasteiger partial charge on any atom is -0.00577 e. The van der Waals surface area contributed by atoms with Crippen molar-refractivity contribution in [3.8, 4) is 0 Å². The van der Waals surface area contributed by atoms with Gasteiger partial charge < -0.3 is 0 Å². The summed E-state index contributed by atoms with van der Waals surface area (Å²) in [5, 5.41) is 0. The molecule has 1 aromatic rings. The van der Waals surface area contributed by atoms with Gasteiger partial charge in [-0.3, -0.25) is 0 Å². The van der Waals surface area contributed by atoms with Gasteiger partial charge in [0.2, 0.25) is 0 Å². The molecule has 0 heterocycles. The third-order valence-corrected chi connectivity index (χ3v) is 3.65. The minimum Gasteiger partial charge on any atom is -0.137 e. The second-order valence-corrected chi connectivity index (χ2v) is 4.69. The summed E-state index contributed by atoms with van der Waals surface area (Å²) in [6.45, 7) is 2.32. The van der Waals surface area contributed by atoms with E-state index in [1.54, 1.807) is 5.57 Å². The van der Waals surface area contributed by atoms with Crippen molar-refractivity contribution < 1.29 is 0 Å². The maximum absolute atomic E-state index is 2.83. The Bertz CT molecular complexity index is 352. The lowest BCUT2D eigenvalue weighted by Crippen LogP contribution is -1.97. The predicted octanol–water partition coefficient (Wildman–Crippen LogP) is 3.53. The van der Waals surface area contributed by atoms with E-state index in [-0.39, 0.29) is 0 Å². The van der Waals surface area contributed by atoms with Crippen LogP contribution < -0.4 is 0 Å². The molecule has 2 unspecified atom stereocenters. The topological polar surface area (TPSA) is 0 Å². The molecule has 14 heavy (non-hydrogen) atoms. The second kappa shape index (κ2) is 4.28. The highest BCUT2D eigenvalue weighted by molar-refractivity contribution is 7.16. The van der Waals surface area contributed by atoms with Crippen molar-refractivity contribution in [2.24, 2.45) is 5.92 Å². The molecule has 0 radical (unpaired) electrons. The molecule has 1 aliphatic rings. The summed E-state index contributed by atoms with van der Waals surface area (Å²) in [6.07, 6.45) is 5.99. The summed E-state index contributed by atoms with van der Waals surface area (Å²) < 4.78 is 0. The Balaban J connectivity index is 2.08. The van der Waals surface area contributed by atoms with Crippen molar-refractivity contribution in [3.63, 3.8) is 0 Å². The molecule has 1 aliphatic carbocycles. The zero-order valence-corrected chi connectivity index (χ0v) is 9.82. The number of benzene rings is 1. The van der Waals surface area contributed by atoms with Crippen molar-refractivity contribution >= 4 is 15.3 Å². The van der Waals surface area contributed by atoms with Gasteiger partial charge in [0.1, 0.15) is 0 Å². The molecule has 0 saturated carbocycles. The van der Waals surface area contributed by atoms with E-state index in [0.717, 1.165) is 5.92 Å². The minimum absolute atomic E-state index is 0.792. The first-order valence-corrected chi connectivity index (χ1v) is 6.08. The van der Waals surface area contributed by atoms with Gasteiger partial charge >= 0.3 is 0 Å². The molecule has 0 aliphatic heterocycles. The highest BCUT2D eigenvalue weighted by Crippen LogP contribution is 2.28. The number of allylic oxidation sites excluding steroid dienone is 1. The lowest BCUT2D eigenvalue weighted by Gasteiger charge is -2.08. The van der Waals surface area contributed by atoms with E-state index < -0.39 is 0 Å². The van der Waals surface area contributed by atoms with E-state index in [2.05, 4.69) is 46.5 Å². The van der Waals surface area contributed by atoms with Gasteiger partial charge in [-0.15, -0.1) is 9.24 Å². The average Bonchev–Trinajstić information content (AvgIpc) is 2.59. The van der Waals surface area contributed by atoms with Gasteiger partial charge in [0.15, 0.2) is 0 Å².